The number of amides is 1. The van der Waals surface area contributed by atoms with Crippen LogP contribution in [0.2, 0.25) is 5.02 Å². The number of fused-ring (bicyclic) bond motifs is 1. The molecule has 0 saturated heterocycles. The number of H-pyrrole nitrogens is 1. The number of ether oxygens (including phenoxy) is 1. The van der Waals surface area contributed by atoms with Crippen molar-refractivity contribution in [1.82, 2.24) is 30.3 Å². The monoisotopic (exact) mass is 425 g/mol. The van der Waals surface area contributed by atoms with Crippen molar-refractivity contribution in [2.24, 2.45) is 7.05 Å². The number of carbonyl (C=O) groups excluding carboxylic acids is 1. The quantitative estimate of drug-likeness (QED) is 0.436. The number of halogens is 1. The third-order valence-corrected chi connectivity index (χ3v) is 5.02. The smallest absolute Gasteiger partial charge is 0.251 e. The number of hydrogen-bond acceptors (Lipinski definition) is 6. The fraction of sp³-hybridized carbons (Fsp3) is 0.200. The molecule has 30 heavy (non-hydrogen) atoms. The first-order valence-electron chi connectivity index (χ1n) is 9.28. The van der Waals surface area contributed by atoms with Gasteiger partial charge in [0.15, 0.2) is 5.82 Å². The van der Waals surface area contributed by atoms with Crippen LogP contribution < -0.4 is 15.4 Å². The van der Waals surface area contributed by atoms with Gasteiger partial charge < -0.3 is 15.4 Å². The van der Waals surface area contributed by atoms with E-state index in [4.69, 9.17) is 16.3 Å². The molecule has 0 bridgehead atoms. The van der Waals surface area contributed by atoms with E-state index in [0.29, 0.717) is 45.9 Å². The number of aromatic amines is 1. The summed E-state index contributed by atoms with van der Waals surface area (Å²) in [6.07, 6.45) is 1.67. The zero-order valence-electron chi connectivity index (χ0n) is 16.7. The Morgan fingerprint density at radius 3 is 2.90 bits per heavy atom. The number of carbonyl (C=O) groups is 1. The summed E-state index contributed by atoms with van der Waals surface area (Å²) in [5.74, 6) is 1.31. The van der Waals surface area contributed by atoms with Gasteiger partial charge >= 0.3 is 0 Å². The van der Waals surface area contributed by atoms with Crippen LogP contribution in [0.1, 0.15) is 17.3 Å². The average Bonchev–Trinajstić information content (AvgIpc) is 3.37. The number of benzene rings is 2. The molecule has 0 aliphatic heterocycles. The van der Waals surface area contributed by atoms with Crippen molar-refractivity contribution < 1.29 is 9.53 Å². The minimum absolute atomic E-state index is 0.164. The first-order chi connectivity index (χ1) is 14.5. The molecule has 0 radical (unpaired) electrons. The predicted octanol–water partition coefficient (Wildman–Crippen LogP) is 3.51. The summed E-state index contributed by atoms with van der Waals surface area (Å²) in [5, 5.41) is 18.7. The summed E-state index contributed by atoms with van der Waals surface area (Å²) in [6.45, 7) is 2.42. The van der Waals surface area contributed by atoms with Crippen LogP contribution >= 0.6 is 11.6 Å². The molecule has 2 heterocycles. The number of hydrogen-bond donors (Lipinski definition) is 3. The van der Waals surface area contributed by atoms with Crippen molar-refractivity contribution >= 4 is 40.0 Å². The van der Waals surface area contributed by atoms with Crippen molar-refractivity contribution in [3.63, 3.8) is 0 Å². The van der Waals surface area contributed by atoms with Gasteiger partial charge in [0, 0.05) is 24.5 Å². The summed E-state index contributed by atoms with van der Waals surface area (Å²) >= 11 is 6.49. The van der Waals surface area contributed by atoms with E-state index in [-0.39, 0.29) is 5.91 Å². The third-order valence-electron chi connectivity index (χ3n) is 4.61. The molecule has 0 atom stereocenters. The van der Waals surface area contributed by atoms with Gasteiger partial charge in [0.25, 0.3) is 5.91 Å². The number of rotatable bonds is 6. The highest BCUT2D eigenvalue weighted by molar-refractivity contribution is 6.38. The molecular formula is C20H20ClN7O2. The molecule has 0 saturated carbocycles. The SMILES string of the molecule is CCNC(=O)c1ccc(-c2nc(Nc3ccc4[nH]ncc4c3Cl)n(C)n2)c(OC)c1. The molecule has 1 amide bonds. The molecular weight excluding hydrogens is 406 g/mol. The molecule has 0 fully saturated rings. The van der Waals surface area contributed by atoms with Crippen LogP contribution in [0.25, 0.3) is 22.3 Å². The highest BCUT2D eigenvalue weighted by Crippen LogP contribution is 2.33. The Labute approximate surface area is 177 Å². The standard InChI is InChI=1S/C20H20ClN7O2/c1-4-22-19(29)11-5-6-12(16(9-11)30-3)18-25-20(28(2)27-18)24-15-8-7-14-13(17(15)21)10-23-26-14/h5-10H,4H2,1-3H3,(H,22,29)(H,23,26)(H,24,25,27). The van der Waals surface area contributed by atoms with Crippen molar-refractivity contribution in [3.8, 4) is 17.1 Å². The molecule has 0 aliphatic rings. The van der Waals surface area contributed by atoms with E-state index in [1.165, 1.54) is 0 Å². The Balaban J connectivity index is 1.66. The lowest BCUT2D eigenvalue weighted by Crippen LogP contribution is -2.22. The van der Waals surface area contributed by atoms with Crippen molar-refractivity contribution in [2.75, 3.05) is 19.0 Å². The van der Waals surface area contributed by atoms with E-state index < -0.39 is 0 Å². The first-order valence-corrected chi connectivity index (χ1v) is 9.65. The van der Waals surface area contributed by atoms with E-state index in [0.717, 1.165) is 10.9 Å². The second-order valence-electron chi connectivity index (χ2n) is 6.54. The Bertz CT molecular complexity index is 1230. The van der Waals surface area contributed by atoms with Gasteiger partial charge in [0.05, 0.1) is 35.1 Å². The molecule has 154 valence electrons. The zero-order chi connectivity index (χ0) is 21.3. The topological polar surface area (TPSA) is 110 Å². The number of anilines is 2. The number of nitrogens with zero attached hydrogens (tertiary/aromatic N) is 4. The summed E-state index contributed by atoms with van der Waals surface area (Å²) in [5.41, 5.74) is 2.71. The van der Waals surface area contributed by atoms with Gasteiger partial charge in [0.2, 0.25) is 5.95 Å². The van der Waals surface area contributed by atoms with Gasteiger partial charge in [-0.2, -0.15) is 10.1 Å². The van der Waals surface area contributed by atoms with Crippen molar-refractivity contribution in [1.29, 1.82) is 0 Å². The van der Waals surface area contributed by atoms with E-state index in [9.17, 15) is 4.79 Å². The second kappa shape index (κ2) is 8.03. The molecule has 0 spiro atoms. The van der Waals surface area contributed by atoms with Gasteiger partial charge in [-0.05, 0) is 37.3 Å². The molecule has 10 heteroatoms. The summed E-state index contributed by atoms with van der Waals surface area (Å²) in [6, 6.07) is 8.90. The van der Waals surface area contributed by atoms with E-state index in [1.54, 1.807) is 43.2 Å². The van der Waals surface area contributed by atoms with Gasteiger partial charge in [-0.1, -0.05) is 11.6 Å². The van der Waals surface area contributed by atoms with Crippen LogP contribution in [-0.4, -0.2) is 44.5 Å². The lowest BCUT2D eigenvalue weighted by molar-refractivity contribution is 0.0955. The summed E-state index contributed by atoms with van der Waals surface area (Å²) in [4.78, 5) is 16.7. The first kappa shape index (κ1) is 19.7. The van der Waals surface area contributed by atoms with Gasteiger partial charge in [0.1, 0.15) is 5.75 Å². The highest BCUT2D eigenvalue weighted by atomic mass is 35.5. The van der Waals surface area contributed by atoms with Crippen LogP contribution in [0.5, 0.6) is 5.75 Å². The third kappa shape index (κ3) is 3.55. The van der Waals surface area contributed by atoms with Gasteiger partial charge in [-0.15, -0.1) is 5.10 Å². The Morgan fingerprint density at radius 1 is 1.30 bits per heavy atom. The molecule has 9 nitrogen and oxygen atoms in total. The minimum Gasteiger partial charge on any atom is -0.496 e. The molecule has 4 rings (SSSR count). The predicted molar refractivity (Wildman–Crippen MR) is 115 cm³/mol. The summed E-state index contributed by atoms with van der Waals surface area (Å²) < 4.78 is 7.09. The molecule has 3 N–H and O–H groups in total. The minimum atomic E-state index is -0.164. The van der Waals surface area contributed by atoms with E-state index >= 15 is 0 Å². The van der Waals surface area contributed by atoms with Crippen LogP contribution in [0, 0.1) is 0 Å². The average molecular weight is 426 g/mol. The fourth-order valence-electron chi connectivity index (χ4n) is 3.09. The maximum Gasteiger partial charge on any atom is 0.251 e. The van der Waals surface area contributed by atoms with Crippen molar-refractivity contribution in [2.45, 2.75) is 6.92 Å². The van der Waals surface area contributed by atoms with Crippen molar-refractivity contribution in [3.05, 3.63) is 47.1 Å². The van der Waals surface area contributed by atoms with Gasteiger partial charge in [-0.3, -0.25) is 9.89 Å². The number of aryl methyl sites for hydroxylation is 1. The number of nitrogens with one attached hydrogen (secondary N) is 3. The van der Waals surface area contributed by atoms with E-state index in [2.05, 4.69) is 30.9 Å². The maximum atomic E-state index is 12.1. The number of methoxy groups -OCH3 is 1. The van der Waals surface area contributed by atoms with Gasteiger partial charge in [-0.25, -0.2) is 4.68 Å². The Kier molecular flexibility index (Phi) is 5.28. The Morgan fingerprint density at radius 2 is 2.13 bits per heavy atom. The second-order valence-corrected chi connectivity index (χ2v) is 6.92. The summed E-state index contributed by atoms with van der Waals surface area (Å²) in [7, 11) is 3.32. The van der Waals surface area contributed by atoms with Crippen LogP contribution in [0.3, 0.4) is 0 Å². The van der Waals surface area contributed by atoms with Crippen LogP contribution in [-0.2, 0) is 7.05 Å². The van der Waals surface area contributed by atoms with E-state index in [1.807, 2.05) is 19.1 Å². The molecule has 0 unspecified atom stereocenters. The normalized spacial score (nSPS) is 10.9. The lowest BCUT2D eigenvalue weighted by atomic mass is 10.1. The maximum absolute atomic E-state index is 12.1. The largest absolute Gasteiger partial charge is 0.496 e. The number of aromatic nitrogens is 5. The highest BCUT2D eigenvalue weighted by Gasteiger charge is 2.17. The molecule has 4 aromatic rings. The molecule has 0 aliphatic carbocycles. The zero-order valence-corrected chi connectivity index (χ0v) is 17.4. The fourth-order valence-corrected chi connectivity index (χ4v) is 3.35. The van der Waals surface area contributed by atoms with Crippen LogP contribution in [0.4, 0.5) is 11.6 Å². The molecule has 2 aromatic carbocycles. The Hall–Kier alpha value is -3.59. The lowest BCUT2D eigenvalue weighted by Gasteiger charge is -2.08. The molecule has 2 aromatic heterocycles. The van der Waals surface area contributed by atoms with Crippen LogP contribution in [0.15, 0.2) is 36.5 Å².